The highest BCUT2D eigenvalue weighted by atomic mass is 79.9. The highest BCUT2D eigenvalue weighted by Gasteiger charge is 2.26. The fourth-order valence-electron chi connectivity index (χ4n) is 2.81. The van der Waals surface area contributed by atoms with Gasteiger partial charge in [-0.1, -0.05) is 6.07 Å². The molecule has 0 aromatic heterocycles. The molecule has 0 N–H and O–H groups in total. The fourth-order valence-corrected chi connectivity index (χ4v) is 3.35. The van der Waals surface area contributed by atoms with Gasteiger partial charge in [-0.3, -0.25) is 14.9 Å². The minimum Gasteiger partial charge on any atom is -0.490 e. The van der Waals surface area contributed by atoms with Crippen LogP contribution in [0, 0.1) is 17.0 Å². The Morgan fingerprint density at radius 2 is 2.06 bits per heavy atom. The van der Waals surface area contributed by atoms with Gasteiger partial charge in [-0.05, 0) is 59.6 Å². The van der Waals surface area contributed by atoms with Crippen molar-refractivity contribution in [2.75, 3.05) is 6.61 Å². The summed E-state index contributed by atoms with van der Waals surface area (Å²) in [6.07, 6.45) is 1.47. The van der Waals surface area contributed by atoms with E-state index in [4.69, 9.17) is 14.2 Å². The third kappa shape index (κ3) is 4.97. The first-order chi connectivity index (χ1) is 14.7. The van der Waals surface area contributed by atoms with Gasteiger partial charge in [0.15, 0.2) is 17.2 Å². The summed E-state index contributed by atoms with van der Waals surface area (Å²) >= 11 is 3.34. The Hall–Kier alpha value is -3.53. The lowest BCUT2D eigenvalue weighted by molar-refractivity contribution is -0.385. The SMILES string of the molecule is CCOc1cc(/C=C2\N=C(c3ccc(C)c([N+](=O)[O-])c3)OC2=O)cc(Br)c1OC(C)=O. The molecule has 160 valence electrons. The molecule has 0 saturated carbocycles. The van der Waals surface area contributed by atoms with E-state index in [0.717, 1.165) is 0 Å². The van der Waals surface area contributed by atoms with Crippen LogP contribution in [0.15, 0.2) is 45.5 Å². The Balaban J connectivity index is 1.99. The molecule has 10 heteroatoms. The summed E-state index contributed by atoms with van der Waals surface area (Å²) < 4.78 is 16.4. The molecule has 0 spiro atoms. The van der Waals surface area contributed by atoms with Crippen LogP contribution >= 0.6 is 15.9 Å². The predicted molar refractivity (Wildman–Crippen MR) is 115 cm³/mol. The molecule has 2 aromatic rings. The first kappa shape index (κ1) is 22.2. The van der Waals surface area contributed by atoms with Crippen LogP contribution in [0.5, 0.6) is 11.5 Å². The van der Waals surface area contributed by atoms with Gasteiger partial charge >= 0.3 is 11.9 Å². The second-order valence-electron chi connectivity index (χ2n) is 6.45. The number of nitro groups is 1. The van der Waals surface area contributed by atoms with Crippen molar-refractivity contribution < 1.29 is 28.7 Å². The summed E-state index contributed by atoms with van der Waals surface area (Å²) in [5.41, 5.74) is 1.25. The normalized spacial score (nSPS) is 14.3. The van der Waals surface area contributed by atoms with Crippen molar-refractivity contribution in [3.8, 4) is 11.5 Å². The largest absolute Gasteiger partial charge is 0.490 e. The third-order valence-corrected chi connectivity index (χ3v) is 4.74. The lowest BCUT2D eigenvalue weighted by Crippen LogP contribution is -2.06. The number of nitro benzene ring substituents is 1. The molecule has 0 aliphatic carbocycles. The number of carbonyl (C=O) groups is 2. The second-order valence-corrected chi connectivity index (χ2v) is 7.31. The number of carbonyl (C=O) groups excluding carboxylic acids is 2. The van der Waals surface area contributed by atoms with E-state index in [2.05, 4.69) is 20.9 Å². The van der Waals surface area contributed by atoms with Crippen LogP contribution in [0.3, 0.4) is 0 Å². The molecule has 0 atom stereocenters. The van der Waals surface area contributed by atoms with Crippen LogP contribution < -0.4 is 9.47 Å². The van der Waals surface area contributed by atoms with Gasteiger partial charge in [0.2, 0.25) is 5.90 Å². The van der Waals surface area contributed by atoms with E-state index in [9.17, 15) is 19.7 Å². The van der Waals surface area contributed by atoms with E-state index in [-0.39, 0.29) is 23.0 Å². The van der Waals surface area contributed by atoms with Gasteiger partial charge in [0.1, 0.15) is 0 Å². The Kier molecular flexibility index (Phi) is 6.50. The number of ether oxygens (including phenoxy) is 3. The second kappa shape index (κ2) is 9.09. The quantitative estimate of drug-likeness (QED) is 0.195. The number of benzene rings is 2. The zero-order valence-electron chi connectivity index (χ0n) is 16.8. The minimum absolute atomic E-state index is 0.00723. The number of halogens is 1. The Morgan fingerprint density at radius 1 is 1.32 bits per heavy atom. The van der Waals surface area contributed by atoms with E-state index in [1.165, 1.54) is 19.1 Å². The molecular formula is C21H17BrN2O7. The molecule has 0 amide bonds. The van der Waals surface area contributed by atoms with Crippen LogP contribution in [0.4, 0.5) is 5.69 Å². The summed E-state index contributed by atoms with van der Waals surface area (Å²) in [4.78, 5) is 38.5. The molecule has 2 aromatic carbocycles. The molecule has 0 saturated heterocycles. The molecule has 1 aliphatic heterocycles. The van der Waals surface area contributed by atoms with Gasteiger partial charge in [0.05, 0.1) is 16.0 Å². The minimum atomic E-state index is -0.698. The molecule has 0 unspecified atom stereocenters. The lowest BCUT2D eigenvalue weighted by atomic mass is 10.1. The average Bonchev–Trinajstić information content (AvgIpc) is 3.05. The summed E-state index contributed by atoms with van der Waals surface area (Å²) in [5, 5.41) is 11.2. The summed E-state index contributed by atoms with van der Waals surface area (Å²) in [6, 6.07) is 7.68. The molecule has 31 heavy (non-hydrogen) atoms. The van der Waals surface area contributed by atoms with Gasteiger partial charge in [-0.25, -0.2) is 9.79 Å². The summed E-state index contributed by atoms with van der Waals surface area (Å²) in [6.45, 7) is 5.00. The summed E-state index contributed by atoms with van der Waals surface area (Å²) in [5.74, 6) is -0.699. The Morgan fingerprint density at radius 3 is 2.71 bits per heavy atom. The van der Waals surface area contributed by atoms with E-state index in [1.807, 2.05) is 0 Å². The third-order valence-electron chi connectivity index (χ3n) is 4.15. The number of nitrogens with zero attached hydrogens (tertiary/aromatic N) is 2. The predicted octanol–water partition coefficient (Wildman–Crippen LogP) is 4.33. The number of cyclic esters (lactones) is 1. The van der Waals surface area contributed by atoms with Gasteiger partial charge in [-0.2, -0.15) is 0 Å². The molecule has 0 radical (unpaired) electrons. The first-order valence-corrected chi connectivity index (χ1v) is 9.91. The molecular weight excluding hydrogens is 472 g/mol. The molecule has 3 rings (SSSR count). The molecule has 0 fully saturated rings. The van der Waals surface area contributed by atoms with Crippen molar-refractivity contribution in [3.05, 3.63) is 67.3 Å². The molecule has 0 bridgehead atoms. The smallest absolute Gasteiger partial charge is 0.363 e. The highest BCUT2D eigenvalue weighted by molar-refractivity contribution is 9.10. The van der Waals surface area contributed by atoms with Crippen LogP contribution in [0.1, 0.15) is 30.5 Å². The van der Waals surface area contributed by atoms with Gasteiger partial charge in [0, 0.05) is 24.1 Å². The number of rotatable bonds is 6. The first-order valence-electron chi connectivity index (χ1n) is 9.12. The fraction of sp³-hybridized carbons (Fsp3) is 0.190. The van der Waals surface area contributed by atoms with Gasteiger partial charge in [0.25, 0.3) is 5.69 Å². The van der Waals surface area contributed by atoms with Crippen molar-refractivity contribution in [1.29, 1.82) is 0 Å². The lowest BCUT2D eigenvalue weighted by Gasteiger charge is -2.12. The van der Waals surface area contributed by atoms with Crippen LogP contribution in [-0.4, -0.2) is 29.4 Å². The maximum atomic E-state index is 12.3. The van der Waals surface area contributed by atoms with Crippen LogP contribution in [0.2, 0.25) is 0 Å². The molecule has 9 nitrogen and oxygen atoms in total. The van der Waals surface area contributed by atoms with E-state index in [1.54, 1.807) is 38.1 Å². The van der Waals surface area contributed by atoms with E-state index < -0.39 is 16.9 Å². The maximum Gasteiger partial charge on any atom is 0.363 e. The Bertz CT molecular complexity index is 1150. The Labute approximate surface area is 185 Å². The molecule has 1 aliphatic rings. The van der Waals surface area contributed by atoms with E-state index >= 15 is 0 Å². The van der Waals surface area contributed by atoms with Crippen molar-refractivity contribution in [1.82, 2.24) is 0 Å². The average molecular weight is 489 g/mol. The number of aryl methyl sites for hydroxylation is 1. The zero-order chi connectivity index (χ0) is 22.7. The standard InChI is InChI=1S/C21H17BrN2O7/c1-4-29-18-9-13(7-15(22)19(18)30-12(3)25)8-16-21(26)31-20(23-16)14-6-5-11(2)17(10-14)24(27)28/h5-10H,4H2,1-3H3/b16-8-. The topological polar surface area (TPSA) is 117 Å². The van der Waals surface area contributed by atoms with Crippen molar-refractivity contribution in [3.63, 3.8) is 0 Å². The van der Waals surface area contributed by atoms with Crippen molar-refractivity contribution in [2.24, 2.45) is 4.99 Å². The number of hydrogen-bond donors (Lipinski definition) is 0. The highest BCUT2D eigenvalue weighted by Crippen LogP contribution is 2.38. The van der Waals surface area contributed by atoms with Gasteiger partial charge < -0.3 is 14.2 Å². The van der Waals surface area contributed by atoms with Crippen molar-refractivity contribution >= 4 is 45.5 Å². The monoisotopic (exact) mass is 488 g/mol. The zero-order valence-corrected chi connectivity index (χ0v) is 18.4. The number of hydrogen-bond acceptors (Lipinski definition) is 8. The maximum absolute atomic E-state index is 12.3. The van der Waals surface area contributed by atoms with Crippen molar-refractivity contribution in [2.45, 2.75) is 20.8 Å². The number of aliphatic imine (C=N–C) groups is 1. The van der Waals surface area contributed by atoms with E-state index in [0.29, 0.717) is 33.5 Å². The van der Waals surface area contributed by atoms with Gasteiger partial charge in [-0.15, -0.1) is 0 Å². The van der Waals surface area contributed by atoms with Crippen LogP contribution in [0.25, 0.3) is 6.08 Å². The van der Waals surface area contributed by atoms with Crippen LogP contribution in [-0.2, 0) is 14.3 Å². The summed E-state index contributed by atoms with van der Waals surface area (Å²) in [7, 11) is 0. The molecule has 1 heterocycles. The number of esters is 2.